The molecule has 0 saturated heterocycles. The van der Waals surface area contributed by atoms with Gasteiger partial charge in [0.05, 0.1) is 6.61 Å². The summed E-state index contributed by atoms with van der Waals surface area (Å²) in [6, 6.07) is 31.6. The van der Waals surface area contributed by atoms with Crippen molar-refractivity contribution in [2.24, 2.45) is 0 Å². The predicted molar refractivity (Wildman–Crippen MR) is 195 cm³/mol. The lowest BCUT2D eigenvalue weighted by atomic mass is 9.96. The van der Waals surface area contributed by atoms with E-state index in [1.165, 1.54) is 126 Å². The van der Waals surface area contributed by atoms with E-state index >= 15 is 0 Å². The normalized spacial score (nSPS) is 11.2. The Morgan fingerprint density at radius 3 is 1.32 bits per heavy atom. The highest BCUT2D eigenvalue weighted by Gasteiger charge is 2.09. The maximum atomic E-state index is 6.25. The third kappa shape index (κ3) is 10.6. The van der Waals surface area contributed by atoms with Gasteiger partial charge in [0.15, 0.2) is 0 Å². The molecule has 0 atom stereocenters. The summed E-state index contributed by atoms with van der Waals surface area (Å²) in [5, 5.41) is 0. The van der Waals surface area contributed by atoms with Crippen molar-refractivity contribution >= 4 is 11.8 Å². The Balaban J connectivity index is 1.29. The van der Waals surface area contributed by atoms with Crippen LogP contribution in [0.25, 0.3) is 33.4 Å². The van der Waals surface area contributed by atoms with Crippen molar-refractivity contribution < 1.29 is 4.74 Å². The van der Waals surface area contributed by atoms with Crippen LogP contribution in [-0.4, -0.2) is 12.4 Å². The number of thioether (sulfide) groups is 1. The van der Waals surface area contributed by atoms with Gasteiger partial charge in [0.2, 0.25) is 0 Å². The zero-order chi connectivity index (χ0) is 31.0. The highest BCUT2D eigenvalue weighted by Crippen LogP contribution is 2.33. The Morgan fingerprint density at radius 1 is 0.455 bits per heavy atom. The molecule has 0 fully saturated rings. The number of unbranched alkanes of at least 4 members (excludes halogenated alkanes) is 10. The SMILES string of the molecule is CCCCCCCCCCOc1c(C)cc(-c2ccc(-c3ccc(-c4ccc(SCCCCCC)cc4)cc3)cc2)cc1C. The molecule has 0 bridgehead atoms. The van der Waals surface area contributed by atoms with Gasteiger partial charge in [-0.05, 0) is 101 Å². The van der Waals surface area contributed by atoms with Crippen LogP contribution in [-0.2, 0) is 0 Å². The predicted octanol–water partition coefficient (Wildman–Crippen LogP) is 13.5. The Morgan fingerprint density at radius 2 is 0.841 bits per heavy atom. The summed E-state index contributed by atoms with van der Waals surface area (Å²) in [6.45, 7) is 9.71. The molecule has 234 valence electrons. The first-order valence-electron chi connectivity index (χ1n) is 17.3. The van der Waals surface area contributed by atoms with Crippen LogP contribution in [0.1, 0.15) is 102 Å². The maximum Gasteiger partial charge on any atom is 0.125 e. The Hall–Kier alpha value is -2.97. The minimum Gasteiger partial charge on any atom is -0.493 e. The number of aryl methyl sites for hydroxylation is 2. The van der Waals surface area contributed by atoms with Crippen LogP contribution in [0.5, 0.6) is 5.75 Å². The molecule has 0 aliphatic rings. The number of benzene rings is 4. The van der Waals surface area contributed by atoms with E-state index in [9.17, 15) is 0 Å². The molecule has 4 aromatic carbocycles. The van der Waals surface area contributed by atoms with Gasteiger partial charge in [0.25, 0.3) is 0 Å². The molecular weight excluding hydrogens is 553 g/mol. The first-order chi connectivity index (χ1) is 21.6. The van der Waals surface area contributed by atoms with Crippen molar-refractivity contribution in [1.29, 1.82) is 0 Å². The highest BCUT2D eigenvalue weighted by atomic mass is 32.2. The minimum absolute atomic E-state index is 0.813. The summed E-state index contributed by atoms with van der Waals surface area (Å²) in [6.07, 6.45) is 15.9. The number of hydrogen-bond donors (Lipinski definition) is 0. The quantitative estimate of drug-likeness (QED) is 0.0775. The molecule has 0 amide bonds. The Bertz CT molecular complexity index is 1350. The number of rotatable bonds is 19. The Labute approximate surface area is 272 Å². The van der Waals surface area contributed by atoms with Gasteiger partial charge in [0, 0.05) is 4.90 Å². The molecule has 0 spiro atoms. The van der Waals surface area contributed by atoms with Gasteiger partial charge >= 0.3 is 0 Å². The lowest BCUT2D eigenvalue weighted by molar-refractivity contribution is 0.300. The van der Waals surface area contributed by atoms with Gasteiger partial charge < -0.3 is 4.74 Å². The van der Waals surface area contributed by atoms with Crippen molar-refractivity contribution in [2.75, 3.05) is 12.4 Å². The summed E-state index contributed by atoms with van der Waals surface area (Å²) in [7, 11) is 0. The maximum absolute atomic E-state index is 6.25. The lowest BCUT2D eigenvalue weighted by Gasteiger charge is -2.15. The second-order valence-electron chi connectivity index (χ2n) is 12.4. The molecule has 0 radical (unpaired) electrons. The fourth-order valence-electron chi connectivity index (χ4n) is 5.93. The smallest absolute Gasteiger partial charge is 0.125 e. The first-order valence-corrected chi connectivity index (χ1v) is 18.3. The standard InChI is InChI=1S/C42H54OS/c1-5-7-9-11-12-13-14-15-29-43-42-33(3)31-40(32-34(42)4)39-23-21-36(22-24-39)35-17-19-37(20-18-35)38-25-27-41(28-26-38)44-30-16-10-8-6-2/h17-28,31-32H,5-16,29-30H2,1-4H3. The largest absolute Gasteiger partial charge is 0.493 e. The summed E-state index contributed by atoms with van der Waals surface area (Å²) < 4.78 is 6.25. The molecule has 44 heavy (non-hydrogen) atoms. The monoisotopic (exact) mass is 606 g/mol. The fraction of sp³-hybridized carbons (Fsp3) is 0.429. The van der Waals surface area contributed by atoms with Crippen LogP contribution in [0.4, 0.5) is 0 Å². The average Bonchev–Trinajstić information content (AvgIpc) is 3.05. The Kier molecular flexibility index (Phi) is 14.5. The first kappa shape index (κ1) is 33.9. The fourth-order valence-corrected chi connectivity index (χ4v) is 6.84. The molecule has 0 aliphatic carbocycles. The topological polar surface area (TPSA) is 9.23 Å². The molecule has 4 aromatic rings. The van der Waals surface area contributed by atoms with E-state index < -0.39 is 0 Å². The van der Waals surface area contributed by atoms with Crippen LogP contribution in [0.15, 0.2) is 89.8 Å². The lowest BCUT2D eigenvalue weighted by Crippen LogP contribution is -2.01. The molecule has 1 nitrogen and oxygen atoms in total. The van der Waals surface area contributed by atoms with Gasteiger partial charge in [0.1, 0.15) is 5.75 Å². The summed E-state index contributed by atoms with van der Waals surface area (Å²) >= 11 is 1.98. The summed E-state index contributed by atoms with van der Waals surface area (Å²) in [4.78, 5) is 1.37. The molecule has 4 rings (SSSR count). The van der Waals surface area contributed by atoms with Crippen molar-refractivity contribution in [1.82, 2.24) is 0 Å². The summed E-state index contributed by atoms with van der Waals surface area (Å²) in [5.74, 6) is 2.27. The molecule has 0 saturated carbocycles. The minimum atomic E-state index is 0.813. The van der Waals surface area contributed by atoms with Crippen LogP contribution < -0.4 is 4.74 Å². The van der Waals surface area contributed by atoms with Crippen molar-refractivity contribution in [3.63, 3.8) is 0 Å². The molecule has 0 unspecified atom stereocenters. The second-order valence-corrected chi connectivity index (χ2v) is 13.5. The van der Waals surface area contributed by atoms with E-state index in [2.05, 4.69) is 113 Å². The van der Waals surface area contributed by atoms with E-state index in [0.717, 1.165) is 18.8 Å². The molecule has 0 aliphatic heterocycles. The van der Waals surface area contributed by atoms with Gasteiger partial charge in [-0.15, -0.1) is 11.8 Å². The van der Waals surface area contributed by atoms with E-state index in [0.29, 0.717) is 0 Å². The van der Waals surface area contributed by atoms with Crippen LogP contribution >= 0.6 is 11.8 Å². The third-order valence-electron chi connectivity index (χ3n) is 8.60. The number of hydrogen-bond acceptors (Lipinski definition) is 2. The van der Waals surface area contributed by atoms with Crippen LogP contribution in [0.3, 0.4) is 0 Å². The molecular formula is C42H54OS. The van der Waals surface area contributed by atoms with Crippen LogP contribution in [0, 0.1) is 13.8 Å². The van der Waals surface area contributed by atoms with Gasteiger partial charge in [-0.3, -0.25) is 0 Å². The van der Waals surface area contributed by atoms with Gasteiger partial charge in [-0.1, -0.05) is 139 Å². The van der Waals surface area contributed by atoms with E-state index in [1.807, 2.05) is 11.8 Å². The zero-order valence-corrected chi connectivity index (χ0v) is 28.6. The molecule has 0 N–H and O–H groups in total. The van der Waals surface area contributed by atoms with Gasteiger partial charge in [-0.25, -0.2) is 0 Å². The average molecular weight is 607 g/mol. The molecule has 0 heterocycles. The third-order valence-corrected chi connectivity index (χ3v) is 9.69. The molecule has 2 heteroatoms. The summed E-state index contributed by atoms with van der Waals surface area (Å²) in [5.41, 5.74) is 9.97. The highest BCUT2D eigenvalue weighted by molar-refractivity contribution is 7.99. The van der Waals surface area contributed by atoms with Crippen molar-refractivity contribution in [3.8, 4) is 39.1 Å². The zero-order valence-electron chi connectivity index (χ0n) is 27.8. The number of ether oxygens (including phenoxy) is 1. The van der Waals surface area contributed by atoms with E-state index in [1.54, 1.807) is 0 Å². The molecule has 0 aromatic heterocycles. The van der Waals surface area contributed by atoms with E-state index in [4.69, 9.17) is 4.74 Å². The van der Waals surface area contributed by atoms with E-state index in [-0.39, 0.29) is 0 Å². The van der Waals surface area contributed by atoms with Crippen LogP contribution in [0.2, 0.25) is 0 Å². The van der Waals surface area contributed by atoms with Crippen molar-refractivity contribution in [3.05, 3.63) is 96.1 Å². The second kappa shape index (κ2) is 18.7. The van der Waals surface area contributed by atoms with Gasteiger partial charge in [-0.2, -0.15) is 0 Å². The van der Waals surface area contributed by atoms with Crippen molar-refractivity contribution in [2.45, 2.75) is 110 Å².